The Bertz CT molecular complexity index is 179. The molecule has 0 aromatic heterocycles. The second kappa shape index (κ2) is 8.90. The summed E-state index contributed by atoms with van der Waals surface area (Å²) in [6.45, 7) is 3.13. The van der Waals surface area contributed by atoms with Crippen LogP contribution in [0.25, 0.3) is 0 Å². The van der Waals surface area contributed by atoms with Crippen LogP contribution in [0.3, 0.4) is 0 Å². The lowest BCUT2D eigenvalue weighted by Gasteiger charge is -2.32. The van der Waals surface area contributed by atoms with E-state index in [4.69, 9.17) is 10.6 Å². The van der Waals surface area contributed by atoms with Gasteiger partial charge in [-0.1, -0.05) is 39.0 Å². The Morgan fingerprint density at radius 3 is 2.29 bits per heavy atom. The fraction of sp³-hybridized carbons (Fsp3) is 1.00. The number of ether oxygens (including phenoxy) is 1. The summed E-state index contributed by atoms with van der Waals surface area (Å²) in [5, 5.41) is 0. The number of rotatable bonds is 6. The van der Waals surface area contributed by atoms with Crippen molar-refractivity contribution in [3.8, 4) is 0 Å². The Hall–Kier alpha value is -0.120. The fourth-order valence-electron chi connectivity index (χ4n) is 3.10. The summed E-state index contributed by atoms with van der Waals surface area (Å²) in [7, 11) is 1.77. The molecule has 1 fully saturated rings. The Labute approximate surface area is 106 Å². The molecule has 2 unspecified atom stereocenters. The van der Waals surface area contributed by atoms with Crippen molar-refractivity contribution in [3.05, 3.63) is 0 Å². The smallest absolute Gasteiger partial charge is 0.0465 e. The molecule has 3 heteroatoms. The lowest BCUT2D eigenvalue weighted by Crippen LogP contribution is -2.45. The van der Waals surface area contributed by atoms with Gasteiger partial charge in [0.05, 0.1) is 0 Å². The molecule has 0 radical (unpaired) electrons. The van der Waals surface area contributed by atoms with Gasteiger partial charge in [0.25, 0.3) is 0 Å². The molecule has 0 saturated heterocycles. The van der Waals surface area contributed by atoms with E-state index < -0.39 is 0 Å². The Balaban J connectivity index is 2.44. The van der Waals surface area contributed by atoms with Gasteiger partial charge >= 0.3 is 0 Å². The second-order valence-corrected chi connectivity index (χ2v) is 5.56. The van der Waals surface area contributed by atoms with Crippen molar-refractivity contribution in [1.29, 1.82) is 0 Å². The van der Waals surface area contributed by atoms with Gasteiger partial charge in [0, 0.05) is 19.8 Å². The molecule has 0 aromatic carbocycles. The summed E-state index contributed by atoms with van der Waals surface area (Å²) >= 11 is 0. The van der Waals surface area contributed by atoms with Gasteiger partial charge in [0.2, 0.25) is 0 Å². The number of hydrazine groups is 1. The molecule has 0 heterocycles. The zero-order chi connectivity index (χ0) is 12.5. The van der Waals surface area contributed by atoms with Gasteiger partial charge in [0.15, 0.2) is 0 Å². The van der Waals surface area contributed by atoms with E-state index in [1.165, 1.54) is 44.9 Å². The minimum atomic E-state index is 0.461. The average Bonchev–Trinajstić information content (AvgIpc) is 2.29. The van der Waals surface area contributed by atoms with Gasteiger partial charge in [-0.3, -0.25) is 11.3 Å². The molecule has 3 nitrogen and oxygen atoms in total. The molecule has 1 aliphatic carbocycles. The van der Waals surface area contributed by atoms with Crippen LogP contribution in [0.2, 0.25) is 0 Å². The molecule has 3 N–H and O–H groups in total. The summed E-state index contributed by atoms with van der Waals surface area (Å²) in [5.41, 5.74) is 3.07. The summed E-state index contributed by atoms with van der Waals surface area (Å²) in [4.78, 5) is 0. The van der Waals surface area contributed by atoms with Crippen LogP contribution >= 0.6 is 0 Å². The Morgan fingerprint density at radius 2 is 1.76 bits per heavy atom. The summed E-state index contributed by atoms with van der Waals surface area (Å²) in [5.74, 6) is 7.13. The van der Waals surface area contributed by atoms with E-state index in [2.05, 4.69) is 12.3 Å². The first-order valence-electron chi connectivity index (χ1n) is 7.24. The van der Waals surface area contributed by atoms with E-state index in [9.17, 15) is 0 Å². The maximum atomic E-state index is 5.78. The number of nitrogens with one attached hydrogen (secondary N) is 1. The third kappa shape index (κ3) is 5.36. The predicted octanol–water partition coefficient (Wildman–Crippen LogP) is 2.85. The zero-order valence-corrected chi connectivity index (χ0v) is 11.6. The maximum absolute atomic E-state index is 5.78. The molecule has 2 atom stereocenters. The maximum Gasteiger partial charge on any atom is 0.0465 e. The topological polar surface area (TPSA) is 47.3 Å². The van der Waals surface area contributed by atoms with E-state index in [0.717, 1.165) is 18.9 Å². The highest BCUT2D eigenvalue weighted by atomic mass is 16.5. The third-order valence-corrected chi connectivity index (χ3v) is 4.24. The van der Waals surface area contributed by atoms with E-state index >= 15 is 0 Å². The lowest BCUT2D eigenvalue weighted by atomic mass is 9.80. The first-order chi connectivity index (χ1) is 8.29. The van der Waals surface area contributed by atoms with E-state index in [1.54, 1.807) is 7.11 Å². The molecular weight excluding hydrogens is 212 g/mol. The fourth-order valence-corrected chi connectivity index (χ4v) is 3.10. The molecule has 0 bridgehead atoms. The summed E-state index contributed by atoms with van der Waals surface area (Å²) in [6, 6.07) is 0.461. The van der Waals surface area contributed by atoms with Crippen LogP contribution in [0.5, 0.6) is 0 Å². The van der Waals surface area contributed by atoms with Gasteiger partial charge in [0.1, 0.15) is 0 Å². The van der Waals surface area contributed by atoms with Gasteiger partial charge in [-0.2, -0.15) is 0 Å². The van der Waals surface area contributed by atoms with Crippen molar-refractivity contribution < 1.29 is 4.74 Å². The van der Waals surface area contributed by atoms with Crippen molar-refractivity contribution in [2.45, 2.75) is 64.3 Å². The molecule has 17 heavy (non-hydrogen) atoms. The first-order valence-corrected chi connectivity index (χ1v) is 7.24. The van der Waals surface area contributed by atoms with Crippen LogP contribution in [0.15, 0.2) is 0 Å². The van der Waals surface area contributed by atoms with Crippen LogP contribution < -0.4 is 11.3 Å². The quantitative estimate of drug-likeness (QED) is 0.556. The van der Waals surface area contributed by atoms with Crippen molar-refractivity contribution in [2.24, 2.45) is 17.7 Å². The minimum Gasteiger partial charge on any atom is -0.385 e. The highest BCUT2D eigenvalue weighted by Crippen LogP contribution is 2.28. The van der Waals surface area contributed by atoms with Crippen LogP contribution in [-0.2, 0) is 4.74 Å². The van der Waals surface area contributed by atoms with Crippen molar-refractivity contribution in [3.63, 3.8) is 0 Å². The van der Waals surface area contributed by atoms with Crippen LogP contribution in [0, 0.1) is 11.8 Å². The number of nitrogens with two attached hydrogens (primary N) is 1. The largest absolute Gasteiger partial charge is 0.385 e. The predicted molar refractivity (Wildman–Crippen MR) is 72.6 cm³/mol. The van der Waals surface area contributed by atoms with Crippen LogP contribution in [0.4, 0.5) is 0 Å². The monoisotopic (exact) mass is 242 g/mol. The van der Waals surface area contributed by atoms with Crippen molar-refractivity contribution >= 4 is 0 Å². The normalized spacial score (nSPS) is 22.8. The van der Waals surface area contributed by atoms with E-state index in [-0.39, 0.29) is 0 Å². The van der Waals surface area contributed by atoms with E-state index in [1.807, 2.05) is 0 Å². The van der Waals surface area contributed by atoms with Gasteiger partial charge < -0.3 is 4.74 Å². The number of hydrogen-bond acceptors (Lipinski definition) is 3. The standard InChI is InChI=1S/C14H30N2O/c1-12(10-11-17-2)14(16-15)13-8-6-4-3-5-7-9-13/h12-14,16H,3-11,15H2,1-2H3. The lowest BCUT2D eigenvalue weighted by molar-refractivity contribution is 0.150. The highest BCUT2D eigenvalue weighted by molar-refractivity contribution is 4.80. The first kappa shape index (κ1) is 14.9. The second-order valence-electron chi connectivity index (χ2n) is 5.56. The average molecular weight is 242 g/mol. The molecule has 0 spiro atoms. The summed E-state index contributed by atoms with van der Waals surface area (Å²) in [6.07, 6.45) is 10.8. The third-order valence-electron chi connectivity index (χ3n) is 4.24. The molecule has 1 saturated carbocycles. The highest BCUT2D eigenvalue weighted by Gasteiger charge is 2.25. The Kier molecular flexibility index (Phi) is 7.82. The molecule has 0 aliphatic heterocycles. The summed E-state index contributed by atoms with van der Waals surface area (Å²) < 4.78 is 5.17. The molecule has 102 valence electrons. The van der Waals surface area contributed by atoms with Crippen molar-refractivity contribution in [1.82, 2.24) is 5.43 Å². The molecule has 0 aromatic rings. The minimum absolute atomic E-state index is 0.461. The molecule has 1 rings (SSSR count). The molecule has 1 aliphatic rings. The molecular formula is C14H30N2O. The van der Waals surface area contributed by atoms with Gasteiger partial charge in [-0.25, -0.2) is 0 Å². The molecule has 0 amide bonds. The number of hydrogen-bond donors (Lipinski definition) is 2. The zero-order valence-electron chi connectivity index (χ0n) is 11.6. The Morgan fingerprint density at radius 1 is 1.18 bits per heavy atom. The number of methoxy groups -OCH3 is 1. The van der Waals surface area contributed by atoms with Crippen LogP contribution in [0.1, 0.15) is 58.3 Å². The van der Waals surface area contributed by atoms with Gasteiger partial charge in [-0.05, 0) is 31.1 Å². The van der Waals surface area contributed by atoms with Crippen molar-refractivity contribution in [2.75, 3.05) is 13.7 Å². The van der Waals surface area contributed by atoms with E-state index in [0.29, 0.717) is 12.0 Å². The van der Waals surface area contributed by atoms with Crippen LogP contribution in [-0.4, -0.2) is 19.8 Å². The van der Waals surface area contributed by atoms with Gasteiger partial charge in [-0.15, -0.1) is 0 Å². The SMILES string of the molecule is COCCC(C)C(NN)C1CCCCCCC1.